The summed E-state index contributed by atoms with van der Waals surface area (Å²) in [6.45, 7) is 9.32. The summed E-state index contributed by atoms with van der Waals surface area (Å²) in [5.41, 5.74) is 1.10. The molecule has 3 saturated heterocycles. The summed E-state index contributed by atoms with van der Waals surface area (Å²) >= 11 is 0. The molecule has 3 aliphatic heterocycles. The lowest BCUT2D eigenvalue weighted by Crippen LogP contribution is -2.50. The van der Waals surface area contributed by atoms with E-state index >= 15 is 0 Å². The summed E-state index contributed by atoms with van der Waals surface area (Å²) < 4.78 is 7.83. The Morgan fingerprint density at radius 1 is 0.861 bits per heavy atom. The van der Waals surface area contributed by atoms with Gasteiger partial charge in [0.1, 0.15) is 6.54 Å². The minimum atomic E-state index is 0.163. The van der Waals surface area contributed by atoms with Crippen LogP contribution in [0.3, 0.4) is 0 Å². The summed E-state index contributed by atoms with van der Waals surface area (Å²) in [6, 6.07) is 14.4. The first-order valence-electron chi connectivity index (χ1n) is 13.2. The standard InChI is InChI=1S/C27H35N7O2/c35-27(21-34-10-9-22-4-1-2-6-24(22)34)33-17-15-32(16-18-33)26-8-7-25(28-29-26)31-13-11-30(12-14-31)20-23-5-3-19-36-23/h1-2,4,6-10,23H,3,5,11-21H2. The van der Waals surface area contributed by atoms with Crippen LogP contribution >= 0.6 is 0 Å². The van der Waals surface area contributed by atoms with Crippen molar-refractivity contribution in [3.05, 3.63) is 48.7 Å². The van der Waals surface area contributed by atoms with Crippen molar-refractivity contribution < 1.29 is 9.53 Å². The van der Waals surface area contributed by atoms with E-state index in [0.717, 1.165) is 75.0 Å². The Hall–Kier alpha value is -3.17. The topological polar surface area (TPSA) is 70.0 Å². The largest absolute Gasteiger partial charge is 0.377 e. The summed E-state index contributed by atoms with van der Waals surface area (Å²) in [5.74, 6) is 2.00. The number of para-hydroxylation sites is 1. The molecular formula is C27H35N7O2. The number of rotatable bonds is 6. The van der Waals surface area contributed by atoms with Crippen LogP contribution in [0.15, 0.2) is 48.7 Å². The van der Waals surface area contributed by atoms with Gasteiger partial charge >= 0.3 is 0 Å². The molecule has 0 radical (unpaired) electrons. The third kappa shape index (κ3) is 5.03. The number of amides is 1. The molecule has 36 heavy (non-hydrogen) atoms. The maximum absolute atomic E-state index is 12.9. The highest BCUT2D eigenvalue weighted by molar-refractivity contribution is 5.83. The lowest BCUT2D eigenvalue weighted by molar-refractivity contribution is -0.132. The Balaban J connectivity index is 0.981. The van der Waals surface area contributed by atoms with Crippen molar-refractivity contribution in [1.82, 2.24) is 24.6 Å². The van der Waals surface area contributed by atoms with Gasteiger partial charge in [-0.2, -0.15) is 0 Å². The molecule has 0 N–H and O–H groups in total. The second kappa shape index (κ2) is 10.4. The lowest BCUT2D eigenvalue weighted by atomic mass is 10.2. The first kappa shape index (κ1) is 23.2. The maximum atomic E-state index is 12.9. The molecule has 1 aromatic carbocycles. The number of hydrogen-bond donors (Lipinski definition) is 0. The van der Waals surface area contributed by atoms with Gasteiger partial charge in [-0.1, -0.05) is 18.2 Å². The second-order valence-electron chi connectivity index (χ2n) is 10.0. The predicted molar refractivity (Wildman–Crippen MR) is 140 cm³/mol. The monoisotopic (exact) mass is 489 g/mol. The van der Waals surface area contributed by atoms with Gasteiger partial charge in [-0.3, -0.25) is 9.69 Å². The highest BCUT2D eigenvalue weighted by Gasteiger charge is 2.25. The molecule has 6 rings (SSSR count). The van der Waals surface area contributed by atoms with Crippen LogP contribution in [0, 0.1) is 0 Å². The van der Waals surface area contributed by atoms with E-state index < -0.39 is 0 Å². The average molecular weight is 490 g/mol. The number of fused-ring (bicyclic) bond motifs is 1. The fraction of sp³-hybridized carbons (Fsp3) is 0.519. The number of hydrogen-bond acceptors (Lipinski definition) is 7. The Bertz CT molecular complexity index is 1160. The van der Waals surface area contributed by atoms with Crippen molar-refractivity contribution in [3.63, 3.8) is 0 Å². The van der Waals surface area contributed by atoms with Gasteiger partial charge in [0.2, 0.25) is 5.91 Å². The van der Waals surface area contributed by atoms with Crippen LogP contribution in [0.4, 0.5) is 11.6 Å². The molecule has 3 aromatic rings. The molecule has 0 aliphatic carbocycles. The third-order valence-corrected chi connectivity index (χ3v) is 7.76. The third-order valence-electron chi connectivity index (χ3n) is 7.76. The zero-order chi connectivity index (χ0) is 24.3. The highest BCUT2D eigenvalue weighted by atomic mass is 16.5. The van der Waals surface area contributed by atoms with Crippen molar-refractivity contribution in [3.8, 4) is 0 Å². The number of ether oxygens (including phenoxy) is 1. The number of anilines is 2. The molecule has 3 fully saturated rings. The Kier molecular flexibility index (Phi) is 6.74. The van der Waals surface area contributed by atoms with Gasteiger partial charge in [0.25, 0.3) is 0 Å². The molecule has 0 bridgehead atoms. The van der Waals surface area contributed by atoms with Gasteiger partial charge in [-0.25, -0.2) is 0 Å². The first-order valence-corrected chi connectivity index (χ1v) is 13.2. The van der Waals surface area contributed by atoms with E-state index in [2.05, 4.69) is 55.2 Å². The number of aromatic nitrogens is 3. The maximum Gasteiger partial charge on any atom is 0.242 e. The molecule has 1 atom stereocenters. The van der Waals surface area contributed by atoms with E-state index in [1.165, 1.54) is 12.8 Å². The zero-order valence-corrected chi connectivity index (χ0v) is 20.8. The summed E-state index contributed by atoms with van der Waals surface area (Å²) in [7, 11) is 0. The summed E-state index contributed by atoms with van der Waals surface area (Å²) in [5, 5.41) is 10.2. The fourth-order valence-electron chi connectivity index (χ4n) is 5.60. The van der Waals surface area contributed by atoms with E-state index in [-0.39, 0.29) is 5.91 Å². The van der Waals surface area contributed by atoms with Crippen LogP contribution in [-0.4, -0.2) is 102 Å². The van der Waals surface area contributed by atoms with Crippen molar-refractivity contribution >= 4 is 28.4 Å². The lowest BCUT2D eigenvalue weighted by Gasteiger charge is -2.37. The molecule has 0 spiro atoms. The van der Waals surface area contributed by atoms with Crippen LogP contribution in [0.1, 0.15) is 12.8 Å². The number of carbonyl (C=O) groups excluding carboxylic acids is 1. The Morgan fingerprint density at radius 2 is 1.56 bits per heavy atom. The smallest absolute Gasteiger partial charge is 0.242 e. The van der Waals surface area contributed by atoms with Crippen LogP contribution in [0.2, 0.25) is 0 Å². The number of nitrogens with zero attached hydrogens (tertiary/aromatic N) is 7. The normalized spacial score (nSPS) is 21.4. The van der Waals surface area contributed by atoms with Crippen molar-refractivity contribution in [2.45, 2.75) is 25.5 Å². The summed E-state index contributed by atoms with van der Waals surface area (Å²) in [4.78, 5) is 22.0. The molecule has 2 aromatic heterocycles. The quantitative estimate of drug-likeness (QED) is 0.525. The van der Waals surface area contributed by atoms with E-state index in [0.29, 0.717) is 25.7 Å². The molecule has 190 valence electrons. The molecule has 1 amide bonds. The van der Waals surface area contributed by atoms with Crippen LogP contribution in [-0.2, 0) is 16.1 Å². The minimum absolute atomic E-state index is 0.163. The van der Waals surface area contributed by atoms with Gasteiger partial charge in [-0.05, 0) is 42.5 Å². The Morgan fingerprint density at radius 3 is 2.22 bits per heavy atom. The van der Waals surface area contributed by atoms with E-state index in [4.69, 9.17) is 4.74 Å². The van der Waals surface area contributed by atoms with Gasteiger partial charge in [0, 0.05) is 77.2 Å². The van der Waals surface area contributed by atoms with E-state index in [1.54, 1.807) is 0 Å². The molecule has 9 heteroatoms. The summed E-state index contributed by atoms with van der Waals surface area (Å²) in [6.07, 6.45) is 4.81. The molecular weight excluding hydrogens is 454 g/mol. The fourth-order valence-corrected chi connectivity index (χ4v) is 5.60. The SMILES string of the molecule is O=C(Cn1ccc2ccccc21)N1CCN(c2ccc(N3CCN(CC4CCCO4)CC3)nn2)CC1. The second-order valence-corrected chi connectivity index (χ2v) is 10.0. The zero-order valence-electron chi connectivity index (χ0n) is 20.8. The van der Waals surface area contributed by atoms with Crippen molar-refractivity contribution in [1.29, 1.82) is 0 Å². The molecule has 5 heterocycles. The predicted octanol–water partition coefficient (Wildman–Crippen LogP) is 2.08. The van der Waals surface area contributed by atoms with Crippen molar-refractivity contribution in [2.75, 3.05) is 75.3 Å². The first-order chi connectivity index (χ1) is 17.7. The van der Waals surface area contributed by atoms with E-state index in [1.807, 2.05) is 27.8 Å². The highest BCUT2D eigenvalue weighted by Crippen LogP contribution is 2.20. The number of piperazine rings is 2. The van der Waals surface area contributed by atoms with Gasteiger partial charge in [0.15, 0.2) is 11.6 Å². The molecule has 1 unspecified atom stereocenters. The van der Waals surface area contributed by atoms with Crippen molar-refractivity contribution in [2.24, 2.45) is 0 Å². The number of carbonyl (C=O) groups is 1. The Labute approximate surface area is 212 Å². The van der Waals surface area contributed by atoms with Crippen LogP contribution in [0.25, 0.3) is 10.9 Å². The average Bonchev–Trinajstić information content (AvgIpc) is 3.60. The van der Waals surface area contributed by atoms with Gasteiger partial charge in [-0.15, -0.1) is 10.2 Å². The van der Waals surface area contributed by atoms with E-state index in [9.17, 15) is 4.79 Å². The van der Waals surface area contributed by atoms with Crippen LogP contribution in [0.5, 0.6) is 0 Å². The van der Waals surface area contributed by atoms with Crippen LogP contribution < -0.4 is 9.80 Å². The molecule has 9 nitrogen and oxygen atoms in total. The molecule has 3 aliphatic rings. The number of benzene rings is 1. The van der Waals surface area contributed by atoms with Gasteiger partial charge < -0.3 is 24.0 Å². The minimum Gasteiger partial charge on any atom is -0.377 e. The molecule has 0 saturated carbocycles. The van der Waals surface area contributed by atoms with Gasteiger partial charge in [0.05, 0.1) is 6.10 Å².